The van der Waals surface area contributed by atoms with Crippen molar-refractivity contribution < 1.29 is 27.9 Å². The van der Waals surface area contributed by atoms with Crippen molar-refractivity contribution in [3.05, 3.63) is 107 Å². The smallest absolute Gasteiger partial charge is 0.275 e. The number of hydrogen-bond acceptors (Lipinski definition) is 7. The quantitative estimate of drug-likeness (QED) is 0.258. The number of hydrogen-bond donors (Lipinski definition) is 4. The largest absolute Gasteiger partial charge is 0.394 e. The molecule has 0 fully saturated rings. The van der Waals surface area contributed by atoms with E-state index in [1.54, 1.807) is 41.1 Å². The highest BCUT2D eigenvalue weighted by Crippen LogP contribution is 2.18. The summed E-state index contributed by atoms with van der Waals surface area (Å²) in [5, 5.41) is 14.7. The first-order valence-electron chi connectivity index (χ1n) is 11.8. The number of pyridine rings is 1. The van der Waals surface area contributed by atoms with Crippen molar-refractivity contribution in [2.75, 3.05) is 18.2 Å². The highest BCUT2D eigenvalue weighted by molar-refractivity contribution is 7.89. The Morgan fingerprint density at radius 2 is 1.62 bits per heavy atom. The maximum atomic E-state index is 13.4. The van der Waals surface area contributed by atoms with E-state index in [2.05, 4.69) is 10.6 Å². The molecule has 0 aliphatic carbocycles. The van der Waals surface area contributed by atoms with Crippen LogP contribution in [0.5, 0.6) is 0 Å². The van der Waals surface area contributed by atoms with Gasteiger partial charge in [-0.25, -0.2) is 8.42 Å². The van der Waals surface area contributed by atoms with Crippen molar-refractivity contribution in [1.29, 1.82) is 0 Å². The van der Waals surface area contributed by atoms with Crippen LogP contribution in [0.3, 0.4) is 0 Å². The first kappa shape index (κ1) is 29.0. The van der Waals surface area contributed by atoms with Gasteiger partial charge in [-0.05, 0) is 29.3 Å². The molecule has 3 amide bonds. The van der Waals surface area contributed by atoms with Crippen LogP contribution in [-0.2, 0) is 24.4 Å². The predicted molar refractivity (Wildman–Crippen MR) is 146 cm³/mol. The average molecular weight is 553 g/mol. The molecule has 0 saturated heterocycles. The molecule has 0 aliphatic rings. The summed E-state index contributed by atoms with van der Waals surface area (Å²) in [6.07, 6.45) is 4.53. The summed E-state index contributed by atoms with van der Waals surface area (Å²) in [5.74, 6) is -2.20. The first-order chi connectivity index (χ1) is 18.6. The van der Waals surface area contributed by atoms with Gasteiger partial charge in [-0.3, -0.25) is 28.5 Å². The molecular weight excluding hydrogens is 524 g/mol. The molecule has 0 bridgehead atoms. The molecule has 2 atom stereocenters. The Kier molecular flexibility index (Phi) is 9.90. The molecule has 12 heteroatoms. The van der Waals surface area contributed by atoms with E-state index < -0.39 is 58.4 Å². The van der Waals surface area contributed by atoms with Crippen molar-refractivity contribution >= 4 is 39.5 Å². The van der Waals surface area contributed by atoms with Gasteiger partial charge in [0.2, 0.25) is 27.7 Å². The second-order valence-electron chi connectivity index (χ2n) is 8.57. The lowest BCUT2D eigenvalue weighted by atomic mass is 10.0. The maximum Gasteiger partial charge on any atom is 0.275 e. The molecule has 39 heavy (non-hydrogen) atoms. The zero-order valence-electron chi connectivity index (χ0n) is 21.0. The zero-order chi connectivity index (χ0) is 28.4. The van der Waals surface area contributed by atoms with Gasteiger partial charge in [0, 0.05) is 12.3 Å². The fourth-order valence-corrected chi connectivity index (χ4v) is 4.20. The Balaban J connectivity index is 1.87. The number of anilines is 1. The summed E-state index contributed by atoms with van der Waals surface area (Å²) in [6.45, 7) is -0.664. The maximum absolute atomic E-state index is 13.4. The first-order valence-corrected chi connectivity index (χ1v) is 13.7. The molecular formula is C27H28N4O7S. The minimum absolute atomic E-state index is 0.0693. The minimum Gasteiger partial charge on any atom is -0.394 e. The van der Waals surface area contributed by atoms with Gasteiger partial charge in [-0.2, -0.15) is 0 Å². The Morgan fingerprint density at radius 3 is 2.23 bits per heavy atom. The molecule has 0 spiro atoms. The summed E-state index contributed by atoms with van der Waals surface area (Å²) in [7, 11) is -3.83. The van der Waals surface area contributed by atoms with Gasteiger partial charge in [0.05, 0.1) is 25.3 Å². The Morgan fingerprint density at radius 1 is 0.974 bits per heavy atom. The summed E-state index contributed by atoms with van der Waals surface area (Å²) in [5.41, 5.74) is 0.475. The van der Waals surface area contributed by atoms with E-state index in [0.29, 0.717) is 5.56 Å². The number of aliphatic hydroxyl groups is 1. The SMILES string of the molecule is CS(=O)(=O)NC(=O)C[C@@H](CO)NC(=O)C(c1ccccc1)n1cccc(NC(=O)/C=C/c2ccccc2)c1=O. The predicted octanol–water partition coefficient (Wildman–Crippen LogP) is 1.03. The number of benzene rings is 2. The van der Waals surface area contributed by atoms with Gasteiger partial charge in [0.25, 0.3) is 5.56 Å². The monoisotopic (exact) mass is 552 g/mol. The van der Waals surface area contributed by atoms with Crippen LogP contribution in [0.2, 0.25) is 0 Å². The normalized spacial score (nSPS) is 12.9. The lowest BCUT2D eigenvalue weighted by Gasteiger charge is -2.23. The Bertz CT molecular complexity index is 1500. The topological polar surface area (TPSA) is 164 Å². The zero-order valence-corrected chi connectivity index (χ0v) is 21.8. The number of rotatable bonds is 11. The van der Waals surface area contributed by atoms with Gasteiger partial charge in [-0.1, -0.05) is 60.7 Å². The lowest BCUT2D eigenvalue weighted by molar-refractivity contribution is -0.125. The molecule has 1 aromatic heterocycles. The molecule has 4 N–H and O–H groups in total. The summed E-state index contributed by atoms with van der Waals surface area (Å²) >= 11 is 0. The van der Waals surface area contributed by atoms with Gasteiger partial charge in [-0.15, -0.1) is 0 Å². The van der Waals surface area contributed by atoms with Crippen molar-refractivity contribution in [3.8, 4) is 0 Å². The Hall–Kier alpha value is -4.55. The second-order valence-corrected chi connectivity index (χ2v) is 10.3. The molecule has 11 nitrogen and oxygen atoms in total. The Labute approximate surface area is 225 Å². The van der Waals surface area contributed by atoms with Gasteiger partial charge in [0.15, 0.2) is 0 Å². The van der Waals surface area contributed by atoms with E-state index >= 15 is 0 Å². The molecule has 1 heterocycles. The number of carbonyl (C=O) groups excluding carboxylic acids is 3. The third-order valence-corrected chi connectivity index (χ3v) is 6.00. The molecule has 0 radical (unpaired) electrons. The van der Waals surface area contributed by atoms with Crippen molar-refractivity contribution in [2.45, 2.75) is 18.5 Å². The molecule has 3 rings (SSSR count). The van der Waals surface area contributed by atoms with Crippen LogP contribution in [0.4, 0.5) is 5.69 Å². The van der Waals surface area contributed by atoms with Crippen LogP contribution in [0, 0.1) is 0 Å². The third-order valence-electron chi connectivity index (χ3n) is 5.40. The van der Waals surface area contributed by atoms with Crippen LogP contribution in [0.15, 0.2) is 89.9 Å². The van der Waals surface area contributed by atoms with E-state index in [-0.39, 0.29) is 5.69 Å². The molecule has 2 aromatic carbocycles. The van der Waals surface area contributed by atoms with E-state index in [4.69, 9.17) is 0 Å². The van der Waals surface area contributed by atoms with Crippen LogP contribution in [0.1, 0.15) is 23.6 Å². The van der Waals surface area contributed by atoms with Crippen molar-refractivity contribution in [3.63, 3.8) is 0 Å². The van der Waals surface area contributed by atoms with Crippen LogP contribution in [0.25, 0.3) is 6.08 Å². The van der Waals surface area contributed by atoms with E-state index in [0.717, 1.165) is 16.4 Å². The molecule has 0 aliphatic heterocycles. The van der Waals surface area contributed by atoms with Crippen LogP contribution in [-0.4, -0.2) is 54.7 Å². The standard InChI is InChI=1S/C27H28N4O7S/c1-39(37,38)30-24(34)17-21(18-32)28-26(35)25(20-11-6-3-7-12-20)31-16-8-13-22(27(31)36)29-23(33)15-14-19-9-4-2-5-10-19/h2-16,21,25,32H,17-18H2,1H3,(H,28,35)(H,29,33)(H,30,34)/b15-14+/t21-,25?/m0/s1. The van der Waals surface area contributed by atoms with Crippen molar-refractivity contribution in [1.82, 2.24) is 14.6 Å². The number of amides is 3. The van der Waals surface area contributed by atoms with Gasteiger partial charge in [0.1, 0.15) is 11.7 Å². The highest BCUT2D eigenvalue weighted by atomic mass is 32.2. The number of nitrogens with zero attached hydrogens (tertiary/aromatic N) is 1. The number of sulfonamides is 1. The molecule has 204 valence electrons. The second kappa shape index (κ2) is 13.3. The van der Waals surface area contributed by atoms with Gasteiger partial charge < -0.3 is 15.7 Å². The average Bonchev–Trinajstić information content (AvgIpc) is 2.89. The number of aliphatic hydroxyl groups excluding tert-OH is 1. The molecule has 1 unspecified atom stereocenters. The molecule has 3 aromatic rings. The third kappa shape index (κ3) is 8.76. The van der Waals surface area contributed by atoms with E-state index in [1.807, 2.05) is 30.3 Å². The van der Waals surface area contributed by atoms with Crippen LogP contribution >= 0.6 is 0 Å². The lowest BCUT2D eigenvalue weighted by Crippen LogP contribution is -2.46. The summed E-state index contributed by atoms with van der Waals surface area (Å²) in [6, 6.07) is 17.9. The van der Waals surface area contributed by atoms with E-state index in [1.165, 1.54) is 24.4 Å². The van der Waals surface area contributed by atoms with Crippen molar-refractivity contribution in [2.24, 2.45) is 0 Å². The summed E-state index contributed by atoms with van der Waals surface area (Å²) in [4.78, 5) is 51.2. The number of nitrogens with one attached hydrogen (secondary N) is 3. The fourth-order valence-electron chi connectivity index (χ4n) is 3.71. The number of carbonyl (C=O) groups is 3. The van der Waals surface area contributed by atoms with Crippen LogP contribution < -0.4 is 20.9 Å². The van der Waals surface area contributed by atoms with E-state index in [9.17, 15) is 32.7 Å². The fraction of sp³-hybridized carbons (Fsp3) is 0.185. The molecule has 0 saturated carbocycles. The minimum atomic E-state index is -3.83. The number of aromatic nitrogens is 1. The summed E-state index contributed by atoms with van der Waals surface area (Å²) < 4.78 is 25.5. The van der Waals surface area contributed by atoms with Gasteiger partial charge >= 0.3 is 0 Å². The highest BCUT2D eigenvalue weighted by Gasteiger charge is 2.27.